The molecule has 9 heteroatoms. The molecule has 158 valence electrons. The molecule has 0 fully saturated rings. The summed E-state index contributed by atoms with van der Waals surface area (Å²) in [6, 6.07) is 13.7. The number of hydrogen-bond donors (Lipinski definition) is 3. The van der Waals surface area contributed by atoms with Crippen LogP contribution < -0.4 is 10.6 Å². The zero-order valence-electron chi connectivity index (χ0n) is 17.3. The number of anilines is 1. The zero-order chi connectivity index (χ0) is 22.0. The van der Waals surface area contributed by atoms with Gasteiger partial charge in [0, 0.05) is 22.2 Å². The summed E-state index contributed by atoms with van der Waals surface area (Å²) in [6.45, 7) is 5.99. The molecule has 0 spiro atoms. The third-order valence-electron chi connectivity index (χ3n) is 4.59. The number of nitrogens with one attached hydrogen (secondary N) is 3. The molecule has 31 heavy (non-hydrogen) atoms. The van der Waals surface area contributed by atoms with E-state index in [1.165, 1.54) is 23.8 Å². The molecule has 2 amide bonds. The molecule has 3 heterocycles. The summed E-state index contributed by atoms with van der Waals surface area (Å²) in [5.41, 5.74) is 4.04. The lowest BCUT2D eigenvalue weighted by Gasteiger charge is -1.98. The van der Waals surface area contributed by atoms with Crippen molar-refractivity contribution < 1.29 is 9.59 Å². The number of H-pyrrole nitrogens is 1. The van der Waals surface area contributed by atoms with Crippen LogP contribution in [0.15, 0.2) is 42.5 Å². The van der Waals surface area contributed by atoms with Crippen molar-refractivity contribution in [1.29, 1.82) is 0 Å². The summed E-state index contributed by atoms with van der Waals surface area (Å²) in [4.78, 5) is 31.4. The number of aryl methyl sites for hydroxylation is 2. The van der Waals surface area contributed by atoms with Crippen molar-refractivity contribution in [3.05, 3.63) is 63.5 Å². The molecule has 0 aliphatic rings. The van der Waals surface area contributed by atoms with Crippen molar-refractivity contribution >= 4 is 39.6 Å². The maximum absolute atomic E-state index is 12.7. The second-order valence-corrected chi connectivity index (χ2v) is 9.46. The average molecular weight is 452 g/mol. The van der Waals surface area contributed by atoms with Gasteiger partial charge in [0.05, 0.1) is 22.8 Å². The maximum atomic E-state index is 12.7. The lowest BCUT2D eigenvalue weighted by molar-refractivity contribution is -0.119. The van der Waals surface area contributed by atoms with E-state index in [2.05, 4.69) is 25.8 Å². The third kappa shape index (κ3) is 4.89. The molecular formula is C22H21N5O2S2. The van der Waals surface area contributed by atoms with Gasteiger partial charge < -0.3 is 5.32 Å². The number of thiazole rings is 1. The lowest BCUT2D eigenvalue weighted by atomic mass is 10.1. The summed E-state index contributed by atoms with van der Waals surface area (Å²) >= 11 is 3.00. The largest absolute Gasteiger partial charge is 0.351 e. The number of aromatic amines is 1. The quantitative estimate of drug-likeness (QED) is 0.393. The van der Waals surface area contributed by atoms with Crippen molar-refractivity contribution in [3.63, 3.8) is 0 Å². The highest BCUT2D eigenvalue weighted by atomic mass is 32.1. The van der Waals surface area contributed by atoms with Crippen molar-refractivity contribution in [2.24, 2.45) is 0 Å². The average Bonchev–Trinajstić information content (AvgIpc) is 3.46. The Balaban J connectivity index is 1.46. The van der Waals surface area contributed by atoms with E-state index in [4.69, 9.17) is 0 Å². The van der Waals surface area contributed by atoms with E-state index in [0.29, 0.717) is 23.1 Å². The van der Waals surface area contributed by atoms with Gasteiger partial charge in [0.25, 0.3) is 5.91 Å². The van der Waals surface area contributed by atoms with Gasteiger partial charge in [-0.05, 0) is 32.0 Å². The molecule has 4 rings (SSSR count). The van der Waals surface area contributed by atoms with Crippen LogP contribution >= 0.6 is 22.7 Å². The van der Waals surface area contributed by atoms with Crippen LogP contribution in [0, 0.1) is 13.8 Å². The normalized spacial score (nSPS) is 10.8. The highest BCUT2D eigenvalue weighted by Crippen LogP contribution is 2.35. The zero-order valence-corrected chi connectivity index (χ0v) is 18.9. The predicted octanol–water partition coefficient (Wildman–Crippen LogP) is 4.77. The Morgan fingerprint density at radius 1 is 1.06 bits per heavy atom. The Morgan fingerprint density at radius 2 is 1.84 bits per heavy atom. The summed E-state index contributed by atoms with van der Waals surface area (Å²) in [6.07, 6.45) is 0. The Hall–Kier alpha value is -3.30. The molecular weight excluding hydrogens is 430 g/mol. The minimum absolute atomic E-state index is 0.0610. The smallest absolute Gasteiger partial charge is 0.275 e. The highest BCUT2D eigenvalue weighted by molar-refractivity contribution is 7.18. The van der Waals surface area contributed by atoms with Gasteiger partial charge in [0.2, 0.25) is 5.91 Å². The van der Waals surface area contributed by atoms with Crippen LogP contribution in [0.3, 0.4) is 0 Å². The van der Waals surface area contributed by atoms with Crippen LogP contribution in [0.4, 0.5) is 5.13 Å². The summed E-state index contributed by atoms with van der Waals surface area (Å²) in [5.74, 6) is -0.349. The molecule has 0 saturated heterocycles. The number of carbonyl (C=O) groups excluding carboxylic acids is 2. The van der Waals surface area contributed by atoms with Crippen LogP contribution in [0.1, 0.15) is 32.7 Å². The van der Waals surface area contributed by atoms with Crippen LogP contribution in [0.5, 0.6) is 0 Å². The maximum Gasteiger partial charge on any atom is 0.275 e. The van der Waals surface area contributed by atoms with E-state index in [9.17, 15) is 9.59 Å². The van der Waals surface area contributed by atoms with Gasteiger partial charge in [0.15, 0.2) is 5.13 Å². The Morgan fingerprint density at radius 3 is 2.58 bits per heavy atom. The standard InChI is InChI=1S/C22H21N5O2S2/c1-12-4-6-15(7-5-12)17-10-18(27-26-17)21(29)25-22-24-20(13(2)30-22)19-9-8-16(31-19)11-23-14(3)28/h4-10H,11H2,1-3H3,(H,23,28)(H,26,27)(H,24,25,29). The number of thiophene rings is 1. The molecule has 0 atom stereocenters. The molecule has 3 N–H and O–H groups in total. The molecule has 4 aromatic rings. The van der Waals surface area contributed by atoms with E-state index in [1.807, 2.05) is 50.2 Å². The first-order valence-electron chi connectivity index (χ1n) is 9.64. The second-order valence-electron chi connectivity index (χ2n) is 7.09. The van der Waals surface area contributed by atoms with Gasteiger partial charge in [-0.1, -0.05) is 29.8 Å². The van der Waals surface area contributed by atoms with Gasteiger partial charge in [0.1, 0.15) is 5.69 Å². The first-order chi connectivity index (χ1) is 14.9. The van der Waals surface area contributed by atoms with Crippen LogP contribution in [-0.4, -0.2) is 27.0 Å². The van der Waals surface area contributed by atoms with Gasteiger partial charge in [-0.2, -0.15) is 5.10 Å². The minimum atomic E-state index is -0.288. The fourth-order valence-electron chi connectivity index (χ4n) is 2.96. The Kier molecular flexibility index (Phi) is 5.97. The monoisotopic (exact) mass is 451 g/mol. The van der Waals surface area contributed by atoms with Gasteiger partial charge in [-0.3, -0.25) is 20.0 Å². The topological polar surface area (TPSA) is 99.8 Å². The number of nitrogens with zero attached hydrogens (tertiary/aromatic N) is 2. The SMILES string of the molecule is CC(=O)NCc1ccc(-c2nc(NC(=O)c3cc(-c4ccc(C)cc4)n[nH]3)sc2C)s1. The molecule has 0 radical (unpaired) electrons. The highest BCUT2D eigenvalue weighted by Gasteiger charge is 2.16. The Labute approximate surface area is 187 Å². The number of rotatable bonds is 6. The first kappa shape index (κ1) is 21.0. The predicted molar refractivity (Wildman–Crippen MR) is 124 cm³/mol. The molecule has 3 aromatic heterocycles. The fraction of sp³-hybridized carbons (Fsp3) is 0.182. The van der Waals surface area contributed by atoms with Crippen molar-refractivity contribution in [2.45, 2.75) is 27.3 Å². The van der Waals surface area contributed by atoms with E-state index in [-0.39, 0.29) is 11.8 Å². The first-order valence-corrected chi connectivity index (χ1v) is 11.3. The van der Waals surface area contributed by atoms with Gasteiger partial charge >= 0.3 is 0 Å². The molecule has 7 nitrogen and oxygen atoms in total. The van der Waals surface area contributed by atoms with Crippen molar-refractivity contribution in [1.82, 2.24) is 20.5 Å². The van der Waals surface area contributed by atoms with Gasteiger partial charge in [-0.25, -0.2) is 4.98 Å². The van der Waals surface area contributed by atoms with Crippen molar-refractivity contribution in [3.8, 4) is 21.8 Å². The molecule has 0 aliphatic carbocycles. The number of amides is 2. The molecule has 0 aliphatic heterocycles. The number of carbonyl (C=O) groups is 2. The number of aromatic nitrogens is 3. The van der Waals surface area contributed by atoms with Gasteiger partial charge in [-0.15, -0.1) is 22.7 Å². The minimum Gasteiger partial charge on any atom is -0.351 e. The second kappa shape index (κ2) is 8.83. The van der Waals surface area contributed by atoms with E-state index in [1.54, 1.807) is 17.4 Å². The van der Waals surface area contributed by atoms with E-state index in [0.717, 1.165) is 25.9 Å². The molecule has 0 saturated carbocycles. The summed E-state index contributed by atoms with van der Waals surface area (Å²) < 4.78 is 0. The number of hydrogen-bond acceptors (Lipinski definition) is 6. The summed E-state index contributed by atoms with van der Waals surface area (Å²) in [7, 11) is 0. The van der Waals surface area contributed by atoms with Crippen molar-refractivity contribution in [2.75, 3.05) is 5.32 Å². The molecule has 1 aromatic carbocycles. The number of benzene rings is 1. The molecule has 0 bridgehead atoms. The third-order valence-corrected chi connectivity index (χ3v) is 6.57. The van der Waals surface area contributed by atoms with E-state index >= 15 is 0 Å². The molecule has 0 unspecified atom stereocenters. The van der Waals surface area contributed by atoms with Crippen LogP contribution in [0.25, 0.3) is 21.8 Å². The van der Waals surface area contributed by atoms with Crippen LogP contribution in [-0.2, 0) is 11.3 Å². The van der Waals surface area contributed by atoms with E-state index < -0.39 is 0 Å². The fourth-order valence-corrected chi connectivity index (χ4v) is 4.85. The lowest BCUT2D eigenvalue weighted by Crippen LogP contribution is -2.17. The van der Waals surface area contributed by atoms with Crippen LogP contribution in [0.2, 0.25) is 0 Å². The Bertz CT molecular complexity index is 1240. The summed E-state index contributed by atoms with van der Waals surface area (Å²) in [5, 5.41) is 13.2.